The predicted octanol–water partition coefficient (Wildman–Crippen LogP) is 0.961. The van der Waals surface area contributed by atoms with Crippen LogP contribution in [0.25, 0.3) is 0 Å². The topological polar surface area (TPSA) is 74.8 Å². The Morgan fingerprint density at radius 2 is 1.64 bits per heavy atom. The largest absolute Gasteiger partial charge is 0.280 e. The van der Waals surface area contributed by atoms with Crippen LogP contribution in [0, 0.1) is 0 Å². The van der Waals surface area contributed by atoms with Crippen LogP contribution in [0.4, 0.5) is 0 Å². The minimum atomic E-state index is -0.401. The normalized spacial score (nSPS) is 22.4. The molecule has 0 aromatic heterocycles. The first-order valence-electron chi connectivity index (χ1n) is 7.31. The predicted molar refractivity (Wildman–Crippen MR) is 82.9 cm³/mol. The van der Waals surface area contributed by atoms with Crippen molar-refractivity contribution in [2.75, 3.05) is 13.1 Å². The Kier molecular flexibility index (Phi) is 4.75. The third-order valence-corrected chi connectivity index (χ3v) is 5.54. The zero-order valence-electron chi connectivity index (χ0n) is 13.0. The molecule has 7 heteroatoms. The summed E-state index contributed by atoms with van der Waals surface area (Å²) in [6.45, 7) is 6.26. The molecule has 1 fully saturated rings. The van der Waals surface area contributed by atoms with Crippen LogP contribution in [0.2, 0.25) is 0 Å². The standard InChI is InChI=1S/C15H20N2O4S/c1-4-15(2,3)22-10-9-13(20)17(14(10)21)8-7-16-11(18)5-6-12(16)19/h5-6,10H,4,7-9H2,1-3H3. The quantitative estimate of drug-likeness (QED) is 0.680. The summed E-state index contributed by atoms with van der Waals surface area (Å²) in [5, 5.41) is -0.370. The van der Waals surface area contributed by atoms with Gasteiger partial charge in [-0.2, -0.15) is 0 Å². The number of thioether (sulfide) groups is 1. The van der Waals surface area contributed by atoms with Crippen LogP contribution in [0.5, 0.6) is 0 Å². The van der Waals surface area contributed by atoms with Crippen LogP contribution in [-0.4, -0.2) is 56.5 Å². The van der Waals surface area contributed by atoms with E-state index in [1.807, 2.05) is 20.8 Å². The third-order valence-electron chi connectivity index (χ3n) is 3.96. The van der Waals surface area contributed by atoms with E-state index in [1.54, 1.807) is 0 Å². The van der Waals surface area contributed by atoms with Gasteiger partial charge in [0.25, 0.3) is 11.8 Å². The van der Waals surface area contributed by atoms with Gasteiger partial charge in [-0.05, 0) is 6.42 Å². The molecule has 0 aromatic rings. The molecule has 0 N–H and O–H groups in total. The van der Waals surface area contributed by atoms with Gasteiger partial charge in [-0.3, -0.25) is 29.0 Å². The lowest BCUT2D eigenvalue weighted by molar-refractivity contribution is -0.142. The van der Waals surface area contributed by atoms with Gasteiger partial charge >= 0.3 is 0 Å². The van der Waals surface area contributed by atoms with Gasteiger partial charge in [0.2, 0.25) is 11.8 Å². The molecule has 22 heavy (non-hydrogen) atoms. The Bertz CT molecular complexity index is 538. The first kappa shape index (κ1) is 16.7. The Morgan fingerprint density at radius 1 is 1.09 bits per heavy atom. The average molecular weight is 324 g/mol. The Labute approximate surface area is 133 Å². The monoisotopic (exact) mass is 324 g/mol. The Morgan fingerprint density at radius 3 is 2.18 bits per heavy atom. The summed E-state index contributed by atoms with van der Waals surface area (Å²) in [6.07, 6.45) is 3.47. The Hall–Kier alpha value is -1.63. The number of carbonyl (C=O) groups is 4. The number of hydrogen-bond acceptors (Lipinski definition) is 5. The van der Waals surface area contributed by atoms with Crippen molar-refractivity contribution in [2.24, 2.45) is 0 Å². The van der Waals surface area contributed by atoms with Crippen molar-refractivity contribution in [3.63, 3.8) is 0 Å². The molecule has 0 aromatic carbocycles. The molecule has 2 rings (SSSR count). The molecule has 0 spiro atoms. The second kappa shape index (κ2) is 6.24. The molecular formula is C15H20N2O4S. The van der Waals surface area contributed by atoms with Gasteiger partial charge in [-0.25, -0.2) is 0 Å². The SMILES string of the molecule is CCC(C)(C)SC1CC(=O)N(CCN2C(=O)C=CC2=O)C1=O. The molecule has 2 heterocycles. The van der Waals surface area contributed by atoms with Gasteiger partial charge < -0.3 is 0 Å². The molecular weight excluding hydrogens is 304 g/mol. The van der Waals surface area contributed by atoms with Crippen LogP contribution in [0.1, 0.15) is 33.6 Å². The second-order valence-electron chi connectivity index (χ2n) is 5.97. The summed E-state index contributed by atoms with van der Waals surface area (Å²) >= 11 is 1.51. The molecule has 1 atom stereocenters. The lowest BCUT2D eigenvalue weighted by Crippen LogP contribution is -2.41. The highest BCUT2D eigenvalue weighted by atomic mass is 32.2. The van der Waals surface area contributed by atoms with Gasteiger partial charge in [0.15, 0.2) is 0 Å². The lowest BCUT2D eigenvalue weighted by Gasteiger charge is -2.25. The number of amides is 4. The van der Waals surface area contributed by atoms with E-state index in [0.29, 0.717) is 0 Å². The first-order chi connectivity index (χ1) is 10.2. The lowest BCUT2D eigenvalue weighted by atomic mass is 10.1. The fourth-order valence-corrected chi connectivity index (χ4v) is 3.69. The molecule has 1 saturated heterocycles. The van der Waals surface area contributed by atoms with Crippen LogP contribution < -0.4 is 0 Å². The van der Waals surface area contributed by atoms with E-state index >= 15 is 0 Å². The minimum absolute atomic E-state index is 0.0523. The van der Waals surface area contributed by atoms with Crippen molar-refractivity contribution in [3.8, 4) is 0 Å². The fourth-order valence-electron chi connectivity index (χ4n) is 2.30. The van der Waals surface area contributed by atoms with Crippen LogP contribution >= 0.6 is 11.8 Å². The van der Waals surface area contributed by atoms with E-state index in [9.17, 15) is 19.2 Å². The first-order valence-corrected chi connectivity index (χ1v) is 8.18. The van der Waals surface area contributed by atoms with Gasteiger partial charge in [0, 0.05) is 36.4 Å². The number of carbonyl (C=O) groups excluding carboxylic acids is 4. The number of likely N-dealkylation sites (tertiary alicyclic amines) is 1. The average Bonchev–Trinajstić information content (AvgIpc) is 2.90. The van der Waals surface area contributed by atoms with Crippen LogP contribution in [-0.2, 0) is 19.2 Å². The van der Waals surface area contributed by atoms with E-state index in [0.717, 1.165) is 11.3 Å². The summed E-state index contributed by atoms with van der Waals surface area (Å²) in [5.74, 6) is -1.26. The summed E-state index contributed by atoms with van der Waals surface area (Å²) < 4.78 is -0.0680. The summed E-state index contributed by atoms with van der Waals surface area (Å²) in [6, 6.07) is 0. The van der Waals surface area contributed by atoms with Gasteiger partial charge in [-0.1, -0.05) is 20.8 Å². The zero-order chi connectivity index (χ0) is 16.5. The maximum absolute atomic E-state index is 12.4. The van der Waals surface area contributed by atoms with Crippen molar-refractivity contribution in [2.45, 2.75) is 43.6 Å². The zero-order valence-corrected chi connectivity index (χ0v) is 13.8. The smallest absolute Gasteiger partial charge is 0.253 e. The van der Waals surface area contributed by atoms with Crippen molar-refractivity contribution in [1.29, 1.82) is 0 Å². The van der Waals surface area contributed by atoms with E-state index < -0.39 is 11.8 Å². The van der Waals surface area contributed by atoms with E-state index in [2.05, 4.69) is 0 Å². The van der Waals surface area contributed by atoms with E-state index in [-0.39, 0.29) is 41.3 Å². The molecule has 0 saturated carbocycles. The molecule has 4 amide bonds. The van der Waals surface area contributed by atoms with Gasteiger partial charge in [0.1, 0.15) is 0 Å². The molecule has 2 aliphatic rings. The van der Waals surface area contributed by atoms with Crippen LogP contribution in [0.3, 0.4) is 0 Å². The van der Waals surface area contributed by atoms with Crippen molar-refractivity contribution < 1.29 is 19.2 Å². The molecule has 2 aliphatic heterocycles. The molecule has 1 unspecified atom stereocenters. The molecule has 120 valence electrons. The highest BCUT2D eigenvalue weighted by molar-refractivity contribution is 8.02. The number of nitrogens with zero attached hydrogens (tertiary/aromatic N) is 2. The summed E-state index contributed by atoms with van der Waals surface area (Å²) in [4.78, 5) is 49.5. The van der Waals surface area contributed by atoms with Crippen LogP contribution in [0.15, 0.2) is 12.2 Å². The molecule has 0 aliphatic carbocycles. The van der Waals surface area contributed by atoms with Crippen molar-refractivity contribution >= 4 is 35.4 Å². The van der Waals surface area contributed by atoms with E-state index in [1.165, 1.54) is 28.8 Å². The highest BCUT2D eigenvalue weighted by Gasteiger charge is 2.41. The third kappa shape index (κ3) is 3.40. The maximum atomic E-state index is 12.4. The maximum Gasteiger partial charge on any atom is 0.253 e. The van der Waals surface area contributed by atoms with Gasteiger partial charge in [-0.15, -0.1) is 11.8 Å². The molecule has 0 radical (unpaired) electrons. The molecule has 6 nitrogen and oxygen atoms in total. The van der Waals surface area contributed by atoms with Crippen molar-refractivity contribution in [3.05, 3.63) is 12.2 Å². The van der Waals surface area contributed by atoms with Gasteiger partial charge in [0.05, 0.1) is 5.25 Å². The summed E-state index contributed by atoms with van der Waals surface area (Å²) in [7, 11) is 0. The fraction of sp³-hybridized carbons (Fsp3) is 0.600. The summed E-state index contributed by atoms with van der Waals surface area (Å²) in [5.41, 5.74) is 0. The van der Waals surface area contributed by atoms with Crippen molar-refractivity contribution in [1.82, 2.24) is 9.80 Å². The highest BCUT2D eigenvalue weighted by Crippen LogP contribution is 2.36. The van der Waals surface area contributed by atoms with E-state index in [4.69, 9.17) is 0 Å². The minimum Gasteiger partial charge on any atom is -0.280 e. The second-order valence-corrected chi connectivity index (χ2v) is 7.88. The Balaban J connectivity index is 1.95. The molecule has 0 bridgehead atoms. The number of rotatable bonds is 6. The number of hydrogen-bond donors (Lipinski definition) is 0. The number of imide groups is 2.